The molecule has 4 heterocycles. The number of likely N-dealkylation sites (tertiary alicyclic amines) is 1. The van der Waals surface area contributed by atoms with Crippen LogP contribution in [0.2, 0.25) is 5.02 Å². The van der Waals surface area contributed by atoms with E-state index in [0.717, 1.165) is 24.0 Å². The second kappa shape index (κ2) is 10.4. The Balaban J connectivity index is 1.58. The van der Waals surface area contributed by atoms with Crippen molar-refractivity contribution < 1.29 is 13.9 Å². The fourth-order valence-electron chi connectivity index (χ4n) is 5.42. The summed E-state index contributed by atoms with van der Waals surface area (Å²) in [5.41, 5.74) is 0.345. The van der Waals surface area contributed by atoms with Crippen LogP contribution in [0.4, 0.5) is 15.0 Å². The lowest BCUT2D eigenvalue weighted by Crippen LogP contribution is -2.57. The topological polar surface area (TPSA) is 90.5 Å². The number of hydrogen-bond donors (Lipinski definition) is 0. The van der Waals surface area contributed by atoms with Crippen LogP contribution >= 0.6 is 27.5 Å². The first-order valence-corrected chi connectivity index (χ1v) is 14.2. The Kier molecular flexibility index (Phi) is 7.42. The Morgan fingerprint density at radius 2 is 2.05 bits per heavy atom. The summed E-state index contributed by atoms with van der Waals surface area (Å²) in [6.45, 7) is 7.45. The maximum Gasteiger partial charge on any atom is 0.410 e. The predicted octanol–water partition coefficient (Wildman–Crippen LogP) is 5.74. The van der Waals surface area contributed by atoms with E-state index >= 15 is 4.39 Å². The van der Waals surface area contributed by atoms with Gasteiger partial charge in [-0.25, -0.2) is 14.2 Å². The number of amides is 1. The van der Waals surface area contributed by atoms with Crippen molar-refractivity contribution in [1.29, 1.82) is 5.26 Å². The van der Waals surface area contributed by atoms with Gasteiger partial charge in [0.1, 0.15) is 16.9 Å². The highest BCUT2D eigenvalue weighted by Crippen LogP contribution is 2.41. The largest absolute Gasteiger partial charge is 0.444 e. The maximum atomic E-state index is 15.5. The van der Waals surface area contributed by atoms with Crippen molar-refractivity contribution in [3.63, 3.8) is 0 Å². The number of benzene rings is 1. The molecule has 1 amide bonds. The van der Waals surface area contributed by atoms with Gasteiger partial charge in [-0.05, 0) is 69.7 Å². The third kappa shape index (κ3) is 5.14. The van der Waals surface area contributed by atoms with Gasteiger partial charge in [-0.1, -0.05) is 11.6 Å². The molecular formula is C27H32BrClFN7O2. The average Bonchev–Trinajstić information content (AvgIpc) is 3.27. The molecule has 0 bridgehead atoms. The van der Waals surface area contributed by atoms with Crippen LogP contribution in [0, 0.1) is 17.1 Å². The number of aromatic nitrogens is 3. The fraction of sp³-hybridized carbons (Fsp3) is 0.556. The van der Waals surface area contributed by atoms with Crippen LogP contribution in [0.3, 0.4) is 0 Å². The Hall–Kier alpha value is -2.68. The van der Waals surface area contributed by atoms with Crippen molar-refractivity contribution in [2.24, 2.45) is 0 Å². The van der Waals surface area contributed by atoms with E-state index in [1.807, 2.05) is 39.5 Å². The molecule has 2 saturated heterocycles. The number of nitriles is 1. The first-order chi connectivity index (χ1) is 18.4. The van der Waals surface area contributed by atoms with E-state index in [-0.39, 0.29) is 33.5 Å². The molecular weight excluding hydrogens is 589 g/mol. The van der Waals surface area contributed by atoms with Crippen molar-refractivity contribution >= 4 is 61.2 Å². The average molecular weight is 621 g/mol. The number of carbonyl (C=O) groups is 1. The molecule has 2 aliphatic rings. The predicted molar refractivity (Wildman–Crippen MR) is 153 cm³/mol. The number of fused-ring (bicyclic) bond motifs is 3. The zero-order chi connectivity index (χ0) is 28.2. The van der Waals surface area contributed by atoms with Gasteiger partial charge in [0.15, 0.2) is 5.82 Å². The van der Waals surface area contributed by atoms with E-state index in [1.165, 1.54) is 0 Å². The van der Waals surface area contributed by atoms with E-state index in [1.54, 1.807) is 17.2 Å². The van der Waals surface area contributed by atoms with Crippen molar-refractivity contribution in [2.75, 3.05) is 38.6 Å². The van der Waals surface area contributed by atoms with Crippen molar-refractivity contribution in [2.45, 2.75) is 63.8 Å². The van der Waals surface area contributed by atoms with Gasteiger partial charge in [0.2, 0.25) is 0 Å². The summed E-state index contributed by atoms with van der Waals surface area (Å²) in [6.07, 6.45) is 2.66. The molecule has 0 aliphatic carbocycles. The normalized spacial score (nSPS) is 20.5. The summed E-state index contributed by atoms with van der Waals surface area (Å²) < 4.78 is 23.2. The third-order valence-corrected chi connectivity index (χ3v) is 8.83. The minimum absolute atomic E-state index is 0.116. The summed E-state index contributed by atoms with van der Waals surface area (Å²) in [7, 11) is 4.09. The number of ether oxygens (including phenoxy) is 1. The SMILES string of the molecule is CN(C)C1CN(c2nc3c(F)c(Br)c(Cl)cc3c3c2cnn3[C@H]2CCN(C(=O)OC(C)(C)C)[C@H](CC#N)C2)C1. The molecule has 39 heavy (non-hydrogen) atoms. The van der Waals surface area contributed by atoms with Crippen molar-refractivity contribution in [1.82, 2.24) is 24.6 Å². The number of pyridine rings is 1. The highest BCUT2D eigenvalue weighted by atomic mass is 79.9. The smallest absolute Gasteiger partial charge is 0.410 e. The molecule has 0 saturated carbocycles. The Bertz CT molecular complexity index is 1480. The first kappa shape index (κ1) is 27.9. The number of piperidine rings is 1. The molecule has 0 N–H and O–H groups in total. The van der Waals surface area contributed by atoms with Crippen LogP contribution in [-0.2, 0) is 4.74 Å². The van der Waals surface area contributed by atoms with Crippen molar-refractivity contribution in [3.05, 3.63) is 27.6 Å². The third-order valence-electron chi connectivity index (χ3n) is 7.53. The molecule has 0 spiro atoms. The van der Waals surface area contributed by atoms with Gasteiger partial charge < -0.3 is 19.4 Å². The molecule has 0 unspecified atom stereocenters. The molecule has 2 aliphatic heterocycles. The molecule has 2 aromatic heterocycles. The lowest BCUT2D eigenvalue weighted by molar-refractivity contribution is 0.00565. The van der Waals surface area contributed by atoms with Gasteiger partial charge in [-0.15, -0.1) is 0 Å². The van der Waals surface area contributed by atoms with Crippen LogP contribution in [-0.4, -0.2) is 82.1 Å². The van der Waals surface area contributed by atoms with Crippen LogP contribution < -0.4 is 4.90 Å². The fourth-order valence-corrected chi connectivity index (χ4v) is 5.91. The molecule has 1 aromatic carbocycles. The second-order valence-corrected chi connectivity index (χ2v) is 12.8. The van der Waals surface area contributed by atoms with E-state index in [0.29, 0.717) is 36.6 Å². The summed E-state index contributed by atoms with van der Waals surface area (Å²) in [4.78, 5) is 23.6. The zero-order valence-electron chi connectivity index (χ0n) is 22.7. The summed E-state index contributed by atoms with van der Waals surface area (Å²) in [5, 5.41) is 16.0. The van der Waals surface area contributed by atoms with Crippen LogP contribution in [0.15, 0.2) is 16.7 Å². The molecule has 3 aromatic rings. The van der Waals surface area contributed by atoms with Crippen LogP contribution in [0.1, 0.15) is 46.1 Å². The van der Waals surface area contributed by atoms with Gasteiger partial charge in [0.25, 0.3) is 0 Å². The van der Waals surface area contributed by atoms with Gasteiger partial charge in [-0.2, -0.15) is 10.4 Å². The minimum atomic E-state index is -0.633. The summed E-state index contributed by atoms with van der Waals surface area (Å²) >= 11 is 9.68. The second-order valence-electron chi connectivity index (χ2n) is 11.6. The van der Waals surface area contributed by atoms with Gasteiger partial charge >= 0.3 is 6.09 Å². The van der Waals surface area contributed by atoms with Crippen LogP contribution in [0.25, 0.3) is 21.8 Å². The first-order valence-electron chi connectivity index (χ1n) is 13.0. The lowest BCUT2D eigenvalue weighted by Gasteiger charge is -2.43. The number of nitrogens with zero attached hydrogens (tertiary/aromatic N) is 7. The van der Waals surface area contributed by atoms with E-state index in [2.05, 4.69) is 31.8 Å². The summed E-state index contributed by atoms with van der Waals surface area (Å²) in [5.74, 6) is 0.176. The van der Waals surface area contributed by atoms with E-state index < -0.39 is 17.5 Å². The van der Waals surface area contributed by atoms with Gasteiger partial charge in [0, 0.05) is 31.1 Å². The molecule has 5 rings (SSSR count). The molecule has 12 heteroatoms. The zero-order valence-corrected chi connectivity index (χ0v) is 25.1. The maximum absolute atomic E-state index is 15.5. The monoisotopic (exact) mass is 619 g/mol. The lowest BCUT2D eigenvalue weighted by atomic mass is 9.95. The molecule has 2 atom stereocenters. The standard InChI is InChI=1S/C27H32BrClFN7O2/c1-27(2,3)39-26(38)36-9-7-16(10-15(36)6-8-31)37-24-18-11-20(29)21(28)22(30)23(18)33-25(19(24)12-32-37)35-13-17(14-35)34(4)5/h11-12,15-17H,6-7,9-10,13-14H2,1-5H3/t15-,16+/m1/s1. The Morgan fingerprint density at radius 3 is 2.69 bits per heavy atom. The Morgan fingerprint density at radius 1 is 1.33 bits per heavy atom. The highest BCUT2D eigenvalue weighted by molar-refractivity contribution is 9.10. The molecule has 9 nitrogen and oxygen atoms in total. The Labute approximate surface area is 240 Å². The number of halogens is 3. The van der Waals surface area contributed by atoms with Crippen LogP contribution in [0.5, 0.6) is 0 Å². The van der Waals surface area contributed by atoms with E-state index in [4.69, 9.17) is 26.4 Å². The van der Waals surface area contributed by atoms with Gasteiger partial charge in [-0.3, -0.25) is 4.68 Å². The van der Waals surface area contributed by atoms with Gasteiger partial charge in [0.05, 0.1) is 51.2 Å². The number of likely N-dealkylation sites (N-methyl/N-ethyl adjacent to an activating group) is 1. The molecule has 0 radical (unpaired) electrons. The minimum Gasteiger partial charge on any atom is -0.444 e. The molecule has 2 fully saturated rings. The number of carbonyl (C=O) groups excluding carboxylic acids is 1. The number of anilines is 1. The van der Waals surface area contributed by atoms with Crippen molar-refractivity contribution in [3.8, 4) is 6.07 Å². The highest BCUT2D eigenvalue weighted by Gasteiger charge is 2.37. The number of hydrogen-bond acceptors (Lipinski definition) is 7. The molecule has 208 valence electrons. The van der Waals surface area contributed by atoms with E-state index in [9.17, 15) is 10.1 Å². The quantitative estimate of drug-likeness (QED) is 0.344. The summed E-state index contributed by atoms with van der Waals surface area (Å²) in [6, 6.07) is 3.88. The number of rotatable bonds is 4.